The number of hydrogen-bond acceptors (Lipinski definition) is 4. The normalized spacial score (nSPS) is 13.5. The van der Waals surface area contributed by atoms with Crippen molar-refractivity contribution in [2.75, 3.05) is 0 Å². The van der Waals surface area contributed by atoms with E-state index < -0.39 is 24.4 Å². The number of pyridine rings is 1. The van der Waals surface area contributed by atoms with Gasteiger partial charge in [-0.05, 0) is 75.7 Å². The first-order valence-electron chi connectivity index (χ1n) is 12.2. The molecule has 1 aromatic carbocycles. The van der Waals surface area contributed by atoms with Crippen molar-refractivity contribution in [3.8, 4) is 0 Å². The zero-order valence-electron chi connectivity index (χ0n) is 22.8. The second-order valence-electron chi connectivity index (χ2n) is 8.58. The third kappa shape index (κ3) is 11.4. The number of halogens is 3. The zero-order valence-corrected chi connectivity index (χ0v) is 22.8. The lowest BCUT2D eigenvalue weighted by atomic mass is 10.1. The van der Waals surface area contributed by atoms with Gasteiger partial charge in [0.15, 0.2) is 0 Å². The fourth-order valence-corrected chi connectivity index (χ4v) is 3.15. The molecule has 0 saturated heterocycles. The molecular formula is C29H38F3N5. The van der Waals surface area contributed by atoms with Gasteiger partial charge in [-0.2, -0.15) is 13.2 Å². The zero-order chi connectivity index (χ0) is 28.0. The Bertz CT molecular complexity index is 1140. The number of benzene rings is 1. The largest absolute Gasteiger partial charge is 0.429 e. The van der Waals surface area contributed by atoms with E-state index in [-0.39, 0.29) is 0 Å². The van der Waals surface area contributed by atoms with E-state index >= 15 is 0 Å². The molecule has 5 nitrogen and oxygen atoms in total. The Morgan fingerprint density at radius 1 is 1.14 bits per heavy atom. The fourth-order valence-electron chi connectivity index (χ4n) is 3.15. The summed E-state index contributed by atoms with van der Waals surface area (Å²) in [4.78, 5) is 16.5. The van der Waals surface area contributed by atoms with Crippen LogP contribution >= 0.6 is 0 Å². The van der Waals surface area contributed by atoms with E-state index in [9.17, 15) is 13.2 Å². The molecule has 200 valence electrons. The SMILES string of the molecule is C=C(NC(C)=NC=CC(CC(=Nc1cc(C)ccc1C)C(F)(F)F)N=CC)c1ccncc1C.CCC. The van der Waals surface area contributed by atoms with Gasteiger partial charge >= 0.3 is 6.18 Å². The molecule has 0 bridgehead atoms. The lowest BCUT2D eigenvalue weighted by Crippen LogP contribution is -2.26. The molecule has 0 radical (unpaired) electrons. The third-order valence-electron chi connectivity index (χ3n) is 4.94. The summed E-state index contributed by atoms with van der Waals surface area (Å²) in [6.45, 7) is 17.1. The van der Waals surface area contributed by atoms with Crippen LogP contribution in [0, 0.1) is 20.8 Å². The summed E-state index contributed by atoms with van der Waals surface area (Å²) in [6.07, 6.45) is 4.13. The molecule has 1 heterocycles. The van der Waals surface area contributed by atoms with E-state index in [1.165, 1.54) is 24.9 Å². The van der Waals surface area contributed by atoms with Crippen molar-refractivity contribution in [3.05, 3.63) is 77.8 Å². The maximum Gasteiger partial charge on any atom is 0.429 e. The summed E-state index contributed by atoms with van der Waals surface area (Å²) in [7, 11) is 0. The van der Waals surface area contributed by atoms with Gasteiger partial charge in [-0.15, -0.1) is 0 Å². The second-order valence-corrected chi connectivity index (χ2v) is 8.58. The molecule has 0 spiro atoms. The minimum atomic E-state index is -4.58. The summed E-state index contributed by atoms with van der Waals surface area (Å²) < 4.78 is 41.3. The predicted octanol–water partition coefficient (Wildman–Crippen LogP) is 8.10. The Morgan fingerprint density at radius 2 is 1.81 bits per heavy atom. The molecule has 0 amide bonds. The fraction of sp³-hybridized carbons (Fsp3) is 0.379. The van der Waals surface area contributed by atoms with E-state index in [1.54, 1.807) is 45.3 Å². The molecule has 2 rings (SSSR count). The van der Waals surface area contributed by atoms with Gasteiger partial charge in [-0.25, -0.2) is 9.98 Å². The van der Waals surface area contributed by atoms with Gasteiger partial charge in [0.25, 0.3) is 0 Å². The molecule has 8 heteroatoms. The quantitative estimate of drug-likeness (QED) is 0.286. The van der Waals surface area contributed by atoms with Crippen molar-refractivity contribution in [1.82, 2.24) is 10.3 Å². The van der Waals surface area contributed by atoms with Crippen molar-refractivity contribution >= 4 is 29.1 Å². The van der Waals surface area contributed by atoms with E-state index in [0.717, 1.165) is 16.7 Å². The van der Waals surface area contributed by atoms with E-state index in [2.05, 4.69) is 45.7 Å². The van der Waals surface area contributed by atoms with Crippen LogP contribution in [-0.2, 0) is 0 Å². The van der Waals surface area contributed by atoms with Gasteiger partial charge in [0.05, 0.1) is 11.7 Å². The van der Waals surface area contributed by atoms with E-state index in [1.807, 2.05) is 26.0 Å². The van der Waals surface area contributed by atoms with Crippen LogP contribution < -0.4 is 5.32 Å². The van der Waals surface area contributed by atoms with Crippen LogP contribution in [0.4, 0.5) is 18.9 Å². The van der Waals surface area contributed by atoms with Crippen molar-refractivity contribution in [2.45, 2.75) is 73.5 Å². The number of amidine groups is 1. The maximum atomic E-state index is 13.8. The van der Waals surface area contributed by atoms with Crippen LogP contribution in [0.3, 0.4) is 0 Å². The molecule has 0 fully saturated rings. The third-order valence-corrected chi connectivity index (χ3v) is 4.94. The van der Waals surface area contributed by atoms with Gasteiger partial charge in [0.2, 0.25) is 0 Å². The lowest BCUT2D eigenvalue weighted by Gasteiger charge is -2.15. The number of aliphatic imine (C=N–C) groups is 3. The molecule has 37 heavy (non-hydrogen) atoms. The van der Waals surface area contributed by atoms with Crippen LogP contribution in [0.25, 0.3) is 5.70 Å². The molecule has 0 saturated carbocycles. The molecule has 1 aromatic heterocycles. The Balaban J connectivity index is 0.00000217. The standard InChI is InChI=1S/C26H30F3N5.C3H8/c1-7-31-22(10-13-32-21(6)33-20(5)23-11-12-30-16-19(23)4)15-25(26(27,28)29)34-24-14-17(2)8-9-18(24)3;1-3-2/h7-14,16,22H,5,15H2,1-4,6H3,(H,32,33);3H2,1-2H3. The van der Waals surface area contributed by atoms with Crippen molar-refractivity contribution in [2.24, 2.45) is 15.0 Å². The Hall–Kier alpha value is -3.55. The maximum absolute atomic E-state index is 13.8. The summed E-state index contributed by atoms with van der Waals surface area (Å²) >= 11 is 0. The van der Waals surface area contributed by atoms with Crippen LogP contribution in [-0.4, -0.2) is 35.0 Å². The Kier molecular flexibility index (Phi) is 13.2. The minimum Gasteiger partial charge on any atom is -0.344 e. The highest BCUT2D eigenvalue weighted by Crippen LogP contribution is 2.27. The molecular weight excluding hydrogens is 475 g/mol. The number of nitrogens with zero attached hydrogens (tertiary/aromatic N) is 4. The van der Waals surface area contributed by atoms with Gasteiger partial charge < -0.3 is 5.32 Å². The average molecular weight is 514 g/mol. The van der Waals surface area contributed by atoms with Crippen molar-refractivity contribution in [1.29, 1.82) is 0 Å². The predicted molar refractivity (Wildman–Crippen MR) is 151 cm³/mol. The number of aromatic nitrogens is 1. The topological polar surface area (TPSA) is 62.0 Å². The molecule has 2 aromatic rings. The van der Waals surface area contributed by atoms with E-state index in [4.69, 9.17) is 0 Å². The molecule has 0 aliphatic carbocycles. The lowest BCUT2D eigenvalue weighted by molar-refractivity contribution is -0.0605. The van der Waals surface area contributed by atoms with Crippen LogP contribution in [0.5, 0.6) is 0 Å². The smallest absolute Gasteiger partial charge is 0.344 e. The number of nitrogens with one attached hydrogen (secondary N) is 1. The summed E-state index contributed by atoms with van der Waals surface area (Å²) in [5, 5.41) is 3.09. The first-order valence-corrected chi connectivity index (χ1v) is 12.2. The van der Waals surface area contributed by atoms with Gasteiger partial charge in [-0.3, -0.25) is 9.98 Å². The molecule has 0 aliphatic rings. The summed E-state index contributed by atoms with van der Waals surface area (Å²) in [5.41, 5.74) is 3.45. The average Bonchev–Trinajstić information content (AvgIpc) is 2.81. The number of alkyl halides is 3. The van der Waals surface area contributed by atoms with Crippen LogP contribution in [0.1, 0.15) is 62.8 Å². The summed E-state index contributed by atoms with van der Waals surface area (Å²) in [6, 6.07) is 6.32. The molecule has 1 N–H and O–H groups in total. The highest BCUT2D eigenvalue weighted by molar-refractivity contribution is 5.93. The molecule has 1 unspecified atom stereocenters. The number of rotatable bonds is 8. The van der Waals surface area contributed by atoms with Crippen LogP contribution in [0.15, 0.2) is 70.5 Å². The summed E-state index contributed by atoms with van der Waals surface area (Å²) in [5.74, 6) is 0.539. The van der Waals surface area contributed by atoms with Crippen molar-refractivity contribution in [3.63, 3.8) is 0 Å². The highest BCUT2D eigenvalue weighted by Gasteiger charge is 2.36. The Morgan fingerprint density at radius 3 is 2.41 bits per heavy atom. The molecule has 1 atom stereocenters. The monoisotopic (exact) mass is 513 g/mol. The van der Waals surface area contributed by atoms with Gasteiger partial charge in [0, 0.05) is 36.3 Å². The number of aryl methyl sites for hydroxylation is 3. The first kappa shape index (κ1) is 31.5. The Labute approximate surface area is 219 Å². The minimum absolute atomic E-state index is 0.304. The first-order chi connectivity index (χ1) is 17.4. The van der Waals surface area contributed by atoms with Gasteiger partial charge in [0.1, 0.15) is 11.5 Å². The van der Waals surface area contributed by atoms with Gasteiger partial charge in [-0.1, -0.05) is 39.0 Å². The number of hydrogen-bond donors (Lipinski definition) is 1. The van der Waals surface area contributed by atoms with E-state index in [0.29, 0.717) is 22.8 Å². The second kappa shape index (κ2) is 15.5. The van der Waals surface area contributed by atoms with Crippen LogP contribution in [0.2, 0.25) is 0 Å². The highest BCUT2D eigenvalue weighted by atomic mass is 19.4. The van der Waals surface area contributed by atoms with Crippen molar-refractivity contribution < 1.29 is 13.2 Å². The molecule has 0 aliphatic heterocycles.